The van der Waals surface area contributed by atoms with Crippen molar-refractivity contribution in [1.82, 2.24) is 0 Å². The van der Waals surface area contributed by atoms with Gasteiger partial charge >= 0.3 is 0 Å². The molecule has 0 fully saturated rings. The molecule has 0 aliphatic heterocycles. The maximum absolute atomic E-state index is 13.4. The lowest BCUT2D eigenvalue weighted by Crippen LogP contribution is -1.83. The largest absolute Gasteiger partial charge is 0.298 e. The van der Waals surface area contributed by atoms with Crippen LogP contribution in [-0.4, -0.2) is 6.29 Å². The number of carbonyl (C=O) groups is 1. The van der Waals surface area contributed by atoms with E-state index >= 15 is 0 Å². The third kappa shape index (κ3) is 2.87. The van der Waals surface area contributed by atoms with Gasteiger partial charge in [-0.15, -0.1) is 0 Å². The quantitative estimate of drug-likeness (QED) is 0.764. The molecule has 0 spiro atoms. The van der Waals surface area contributed by atoms with Crippen molar-refractivity contribution in [2.45, 2.75) is 9.79 Å². The Morgan fingerprint density at radius 1 is 1.12 bits per heavy atom. The Hall–Kier alpha value is -1.32. The van der Waals surface area contributed by atoms with Gasteiger partial charge in [0.25, 0.3) is 0 Å². The van der Waals surface area contributed by atoms with Crippen LogP contribution in [0.2, 0.25) is 5.02 Å². The van der Waals surface area contributed by atoms with Crippen LogP contribution in [0.5, 0.6) is 0 Å². The van der Waals surface area contributed by atoms with Crippen LogP contribution in [0.1, 0.15) is 10.4 Å². The first-order valence-corrected chi connectivity index (χ1v) is 6.07. The molecule has 1 nitrogen and oxygen atoms in total. The van der Waals surface area contributed by atoms with E-state index in [0.717, 1.165) is 11.2 Å². The lowest BCUT2D eigenvalue weighted by molar-refractivity contribution is 0.112. The minimum absolute atomic E-state index is 0.284. The third-order valence-electron chi connectivity index (χ3n) is 2.15. The van der Waals surface area contributed by atoms with E-state index in [1.165, 1.54) is 17.8 Å². The molecule has 0 saturated carbocycles. The van der Waals surface area contributed by atoms with Crippen molar-refractivity contribution >= 4 is 29.6 Å². The minimum Gasteiger partial charge on any atom is -0.298 e. The van der Waals surface area contributed by atoms with Gasteiger partial charge in [0.2, 0.25) is 0 Å². The van der Waals surface area contributed by atoms with Crippen molar-refractivity contribution < 1.29 is 9.18 Å². The van der Waals surface area contributed by atoms with Crippen LogP contribution in [0, 0.1) is 5.82 Å². The molecule has 0 bridgehead atoms. The van der Waals surface area contributed by atoms with E-state index in [-0.39, 0.29) is 5.82 Å². The molecule has 2 rings (SSSR count). The third-order valence-corrected chi connectivity index (χ3v) is 3.70. The summed E-state index contributed by atoms with van der Waals surface area (Å²) in [6.07, 6.45) is 0.726. The molecule has 4 heteroatoms. The Bertz CT molecular complexity index is 557. The molecule has 0 aromatic heterocycles. The van der Waals surface area contributed by atoms with Crippen molar-refractivity contribution in [1.29, 1.82) is 0 Å². The van der Waals surface area contributed by atoms with E-state index in [1.54, 1.807) is 36.4 Å². The van der Waals surface area contributed by atoms with Crippen LogP contribution < -0.4 is 0 Å². The smallest absolute Gasteiger partial charge is 0.150 e. The van der Waals surface area contributed by atoms with E-state index in [2.05, 4.69) is 0 Å². The van der Waals surface area contributed by atoms with Crippen molar-refractivity contribution in [2.75, 3.05) is 0 Å². The Labute approximate surface area is 108 Å². The van der Waals surface area contributed by atoms with Crippen LogP contribution in [0.25, 0.3) is 0 Å². The molecule has 0 aliphatic carbocycles. The summed E-state index contributed by atoms with van der Waals surface area (Å²) in [5, 5.41) is 0.447. The molecule has 0 saturated heterocycles. The molecule has 0 radical (unpaired) electrons. The Kier molecular flexibility index (Phi) is 3.82. The summed E-state index contributed by atoms with van der Waals surface area (Å²) < 4.78 is 13.4. The highest BCUT2D eigenvalue weighted by Crippen LogP contribution is 2.34. The predicted molar refractivity (Wildman–Crippen MR) is 67.4 cm³/mol. The van der Waals surface area contributed by atoms with Crippen LogP contribution in [0.3, 0.4) is 0 Å². The number of aldehydes is 1. The van der Waals surface area contributed by atoms with Crippen LogP contribution in [-0.2, 0) is 0 Å². The summed E-state index contributed by atoms with van der Waals surface area (Å²) in [6.45, 7) is 0. The van der Waals surface area contributed by atoms with Crippen LogP contribution in [0.4, 0.5) is 4.39 Å². The van der Waals surface area contributed by atoms with Gasteiger partial charge in [0.05, 0.1) is 5.02 Å². The summed E-state index contributed by atoms with van der Waals surface area (Å²) in [4.78, 5) is 11.8. The highest BCUT2D eigenvalue weighted by Gasteiger charge is 2.07. The number of hydrogen-bond acceptors (Lipinski definition) is 2. The second-order valence-corrected chi connectivity index (χ2v) is 4.83. The SMILES string of the molecule is O=Cc1ccc(Sc2ccccc2F)c(Cl)c1. The average Bonchev–Trinajstić information content (AvgIpc) is 2.34. The maximum Gasteiger partial charge on any atom is 0.150 e. The zero-order valence-corrected chi connectivity index (χ0v) is 10.3. The molecule has 0 amide bonds. The van der Waals surface area contributed by atoms with E-state index in [1.807, 2.05) is 0 Å². The van der Waals surface area contributed by atoms with Crippen molar-refractivity contribution in [3.8, 4) is 0 Å². The van der Waals surface area contributed by atoms with Crippen molar-refractivity contribution in [3.63, 3.8) is 0 Å². The Morgan fingerprint density at radius 3 is 2.53 bits per heavy atom. The molecule has 0 N–H and O–H groups in total. The first-order valence-electron chi connectivity index (χ1n) is 4.88. The molecule has 2 aromatic carbocycles. The lowest BCUT2D eigenvalue weighted by atomic mass is 10.2. The topological polar surface area (TPSA) is 17.1 Å². The van der Waals surface area contributed by atoms with Crippen molar-refractivity contribution in [3.05, 3.63) is 58.9 Å². The molecular weight excluding hydrogens is 259 g/mol. The molecule has 0 aliphatic rings. The summed E-state index contributed by atoms with van der Waals surface area (Å²) >= 11 is 7.25. The molecule has 0 atom stereocenters. The molecule has 0 heterocycles. The van der Waals surface area contributed by atoms with Gasteiger partial charge in [0.1, 0.15) is 12.1 Å². The molecular formula is C13H8ClFOS. The fourth-order valence-corrected chi connectivity index (χ4v) is 2.47. The summed E-state index contributed by atoms with van der Waals surface area (Å²) in [5.41, 5.74) is 0.507. The van der Waals surface area contributed by atoms with Crippen LogP contribution in [0.15, 0.2) is 52.3 Å². The summed E-state index contributed by atoms with van der Waals surface area (Å²) in [6, 6.07) is 11.4. The van der Waals surface area contributed by atoms with E-state index < -0.39 is 0 Å². The second-order valence-electron chi connectivity index (χ2n) is 3.34. The van der Waals surface area contributed by atoms with E-state index in [9.17, 15) is 9.18 Å². The molecule has 17 heavy (non-hydrogen) atoms. The van der Waals surface area contributed by atoms with Gasteiger partial charge in [-0.3, -0.25) is 4.79 Å². The molecule has 2 aromatic rings. The van der Waals surface area contributed by atoms with Crippen LogP contribution >= 0.6 is 23.4 Å². The van der Waals surface area contributed by atoms with Gasteiger partial charge in [-0.25, -0.2) is 4.39 Å². The predicted octanol–water partition coefficient (Wildman–Crippen LogP) is 4.44. The number of hydrogen-bond donors (Lipinski definition) is 0. The zero-order chi connectivity index (χ0) is 12.3. The number of benzene rings is 2. The fraction of sp³-hybridized carbons (Fsp3) is 0. The monoisotopic (exact) mass is 266 g/mol. The number of carbonyl (C=O) groups excluding carboxylic acids is 1. The molecule has 0 unspecified atom stereocenters. The van der Waals surface area contributed by atoms with Crippen molar-refractivity contribution in [2.24, 2.45) is 0 Å². The number of halogens is 2. The fourth-order valence-electron chi connectivity index (χ4n) is 1.32. The van der Waals surface area contributed by atoms with Gasteiger partial charge in [-0.1, -0.05) is 41.6 Å². The standard InChI is InChI=1S/C13H8ClFOS/c14-10-7-9(8-16)5-6-12(10)17-13-4-2-1-3-11(13)15/h1-8H. The van der Waals surface area contributed by atoms with Gasteiger partial charge in [0.15, 0.2) is 0 Å². The van der Waals surface area contributed by atoms with Gasteiger partial charge in [0, 0.05) is 15.4 Å². The first kappa shape index (κ1) is 12.1. The zero-order valence-electron chi connectivity index (χ0n) is 8.69. The second kappa shape index (κ2) is 5.34. The maximum atomic E-state index is 13.4. The van der Waals surface area contributed by atoms with Gasteiger partial charge in [-0.05, 0) is 24.3 Å². The summed E-state index contributed by atoms with van der Waals surface area (Å²) in [5.74, 6) is -0.284. The molecule has 86 valence electrons. The summed E-state index contributed by atoms with van der Waals surface area (Å²) in [7, 11) is 0. The number of rotatable bonds is 3. The van der Waals surface area contributed by atoms with E-state index in [4.69, 9.17) is 11.6 Å². The normalized spacial score (nSPS) is 10.2. The Morgan fingerprint density at radius 2 is 1.88 bits per heavy atom. The van der Waals surface area contributed by atoms with E-state index in [0.29, 0.717) is 15.5 Å². The van der Waals surface area contributed by atoms with Gasteiger partial charge < -0.3 is 0 Å². The van der Waals surface area contributed by atoms with Gasteiger partial charge in [-0.2, -0.15) is 0 Å². The Balaban J connectivity index is 2.31. The highest BCUT2D eigenvalue weighted by molar-refractivity contribution is 7.99. The lowest BCUT2D eigenvalue weighted by Gasteiger charge is -2.05. The highest BCUT2D eigenvalue weighted by atomic mass is 35.5. The first-order chi connectivity index (χ1) is 8.20. The average molecular weight is 267 g/mol. The minimum atomic E-state index is -0.284.